The van der Waals surface area contributed by atoms with Crippen LogP contribution in [0.25, 0.3) is 0 Å². The van der Waals surface area contributed by atoms with Gasteiger partial charge in [-0.1, -0.05) is 41.7 Å². The highest BCUT2D eigenvalue weighted by atomic mass is 35.6. The van der Waals surface area contributed by atoms with Gasteiger partial charge in [-0.2, -0.15) is 0 Å². The minimum absolute atomic E-state index is 0.0397. The third kappa shape index (κ3) is 3.15. The second-order valence-corrected chi connectivity index (χ2v) is 9.20. The highest BCUT2D eigenvalue weighted by molar-refractivity contribution is 6.67. The largest absolute Gasteiger partial charge is 0.445 e. The van der Waals surface area contributed by atoms with Crippen LogP contribution in [0, 0.1) is 0 Å². The normalized spacial score (nSPS) is 26.2. The summed E-state index contributed by atoms with van der Waals surface area (Å²) >= 11 is 16.7. The number of anilines is 2. The van der Waals surface area contributed by atoms with Crippen LogP contribution in [-0.4, -0.2) is 48.2 Å². The minimum atomic E-state index is -1.62. The summed E-state index contributed by atoms with van der Waals surface area (Å²) in [5.41, 5.74) is 3.14. The molecule has 3 rings (SSSR count). The van der Waals surface area contributed by atoms with Crippen molar-refractivity contribution < 1.29 is 9.53 Å². The predicted octanol–water partition coefficient (Wildman–Crippen LogP) is 3.97. The summed E-state index contributed by atoms with van der Waals surface area (Å²) in [6.07, 6.45) is 0.768. The zero-order chi connectivity index (χ0) is 17.7. The fraction of sp³-hybridized carbons (Fsp3) is 0.562. The van der Waals surface area contributed by atoms with Crippen LogP contribution >= 0.6 is 34.8 Å². The Bertz CT molecular complexity index is 664. The average molecular weight is 393 g/mol. The van der Waals surface area contributed by atoms with Crippen LogP contribution in [0.1, 0.15) is 18.9 Å². The van der Waals surface area contributed by atoms with Crippen LogP contribution in [0.4, 0.5) is 16.2 Å². The first-order chi connectivity index (χ1) is 11.1. The number of nitrogens with zero attached hydrogens (tertiary/aromatic N) is 2. The quantitative estimate of drug-likeness (QED) is 0.773. The Kier molecular flexibility index (Phi) is 4.58. The number of hydrogen-bond acceptors (Lipinski definition) is 4. The van der Waals surface area contributed by atoms with E-state index in [1.165, 1.54) is 11.3 Å². The molecule has 1 aromatic rings. The summed E-state index contributed by atoms with van der Waals surface area (Å²) in [7, 11) is 4.25. The number of carbonyl (C=O) groups excluding carboxylic acids is 1. The molecule has 1 N–H and O–H groups in total. The van der Waals surface area contributed by atoms with Gasteiger partial charge < -0.3 is 9.64 Å². The number of hydrogen-bond donors (Lipinski definition) is 1. The van der Waals surface area contributed by atoms with Gasteiger partial charge in [0.25, 0.3) is 0 Å². The summed E-state index contributed by atoms with van der Waals surface area (Å²) in [5, 5.41) is 2.70. The number of carbonyl (C=O) groups is 1. The molecule has 1 saturated heterocycles. The van der Waals surface area contributed by atoms with Crippen molar-refractivity contribution >= 4 is 52.3 Å². The molecule has 8 heteroatoms. The molecule has 2 heterocycles. The molecule has 0 saturated carbocycles. The highest BCUT2D eigenvalue weighted by Gasteiger charge is 2.52. The number of likely N-dealkylation sites (tertiary alicyclic amines) is 1. The Hall–Kier alpha value is -0.880. The Morgan fingerprint density at radius 1 is 1.42 bits per heavy atom. The lowest BCUT2D eigenvalue weighted by atomic mass is 9.81. The van der Waals surface area contributed by atoms with Crippen LogP contribution < -0.4 is 10.2 Å². The SMILES string of the molecule is CN1CCC2(C)c3cc(NC(=O)OCC(Cl)(Cl)Cl)ccc3N(C)C12. The van der Waals surface area contributed by atoms with Crippen molar-refractivity contribution in [1.29, 1.82) is 0 Å². The molecular weight excluding hydrogens is 373 g/mol. The molecule has 2 aliphatic heterocycles. The topological polar surface area (TPSA) is 44.8 Å². The molecule has 132 valence electrons. The fourth-order valence-corrected chi connectivity index (χ4v) is 4.12. The van der Waals surface area contributed by atoms with E-state index >= 15 is 0 Å². The Morgan fingerprint density at radius 3 is 2.79 bits per heavy atom. The molecule has 5 nitrogen and oxygen atoms in total. The predicted molar refractivity (Wildman–Crippen MR) is 98.5 cm³/mol. The number of amides is 1. The van der Waals surface area contributed by atoms with E-state index in [0.29, 0.717) is 11.9 Å². The van der Waals surface area contributed by atoms with Gasteiger partial charge in [0.15, 0.2) is 0 Å². The van der Waals surface area contributed by atoms with Crippen molar-refractivity contribution in [3.8, 4) is 0 Å². The molecule has 24 heavy (non-hydrogen) atoms. The first-order valence-electron chi connectivity index (χ1n) is 7.70. The Labute approximate surface area is 156 Å². The Morgan fingerprint density at radius 2 is 2.12 bits per heavy atom. The lowest BCUT2D eigenvalue weighted by Gasteiger charge is -2.32. The lowest BCUT2D eigenvalue weighted by molar-refractivity contribution is 0.164. The molecule has 0 aromatic heterocycles. The van der Waals surface area contributed by atoms with Crippen molar-refractivity contribution in [2.45, 2.75) is 28.7 Å². The first-order valence-corrected chi connectivity index (χ1v) is 8.83. The summed E-state index contributed by atoms with van der Waals surface area (Å²) in [6, 6.07) is 5.90. The highest BCUT2D eigenvalue weighted by Crippen LogP contribution is 2.51. The summed E-state index contributed by atoms with van der Waals surface area (Å²) in [6.45, 7) is 3.02. The second kappa shape index (κ2) is 6.13. The number of fused-ring (bicyclic) bond motifs is 3. The van der Waals surface area contributed by atoms with E-state index in [-0.39, 0.29) is 12.0 Å². The van der Waals surface area contributed by atoms with Gasteiger partial charge in [-0.05, 0) is 37.2 Å². The second-order valence-electron chi connectivity index (χ2n) is 6.68. The molecule has 2 unspecified atom stereocenters. The smallest absolute Gasteiger partial charge is 0.411 e. The fourth-order valence-electron chi connectivity index (χ4n) is 3.96. The third-order valence-corrected chi connectivity index (χ3v) is 5.27. The summed E-state index contributed by atoms with van der Waals surface area (Å²) < 4.78 is 3.30. The first kappa shape index (κ1) is 17.9. The van der Waals surface area contributed by atoms with Crippen molar-refractivity contribution in [1.82, 2.24) is 4.90 Å². The van der Waals surface area contributed by atoms with Crippen molar-refractivity contribution in [2.24, 2.45) is 0 Å². The van der Waals surface area contributed by atoms with Gasteiger partial charge in [0.1, 0.15) is 6.61 Å². The van der Waals surface area contributed by atoms with Gasteiger partial charge in [-0.15, -0.1) is 0 Å². The standard InChI is InChI=1S/C16H20Cl3N3O2/c1-15-6-7-21(2)13(15)22(3)12-5-4-10(8-11(12)15)20-14(23)24-9-16(17,18)19/h4-5,8,13H,6-7,9H2,1-3H3,(H,20,23). The van der Waals surface area contributed by atoms with Gasteiger partial charge in [0.2, 0.25) is 3.79 Å². The molecule has 0 bridgehead atoms. The molecule has 1 fully saturated rings. The number of likely N-dealkylation sites (N-methyl/N-ethyl adjacent to an activating group) is 2. The maximum absolute atomic E-state index is 11.9. The van der Waals surface area contributed by atoms with Gasteiger partial charge in [0, 0.05) is 30.4 Å². The van der Waals surface area contributed by atoms with E-state index < -0.39 is 9.89 Å². The lowest BCUT2D eigenvalue weighted by Crippen LogP contribution is -2.45. The van der Waals surface area contributed by atoms with Gasteiger partial charge in [-0.25, -0.2) is 4.79 Å². The number of halogens is 3. The number of benzene rings is 1. The van der Waals surface area contributed by atoms with Gasteiger partial charge in [-0.3, -0.25) is 10.2 Å². The number of alkyl halides is 3. The Balaban J connectivity index is 1.78. The van der Waals surface area contributed by atoms with Crippen molar-refractivity contribution in [3.63, 3.8) is 0 Å². The average Bonchev–Trinajstić information content (AvgIpc) is 2.90. The molecule has 1 aromatic carbocycles. The van der Waals surface area contributed by atoms with E-state index in [1.807, 2.05) is 18.2 Å². The van der Waals surface area contributed by atoms with E-state index in [2.05, 4.69) is 36.1 Å². The monoisotopic (exact) mass is 391 g/mol. The zero-order valence-electron chi connectivity index (χ0n) is 13.8. The van der Waals surface area contributed by atoms with Crippen molar-refractivity contribution in [3.05, 3.63) is 23.8 Å². The van der Waals surface area contributed by atoms with E-state index in [0.717, 1.165) is 13.0 Å². The molecular formula is C16H20Cl3N3O2. The molecule has 0 radical (unpaired) electrons. The molecule has 0 spiro atoms. The van der Waals surface area contributed by atoms with E-state index in [9.17, 15) is 4.79 Å². The van der Waals surface area contributed by atoms with Crippen LogP contribution in [0.15, 0.2) is 18.2 Å². The molecule has 2 aliphatic rings. The molecule has 0 aliphatic carbocycles. The minimum Gasteiger partial charge on any atom is -0.445 e. The molecule has 2 atom stereocenters. The summed E-state index contributed by atoms with van der Waals surface area (Å²) in [5.74, 6) is 0. The van der Waals surface area contributed by atoms with Crippen LogP contribution in [0.3, 0.4) is 0 Å². The number of rotatable bonds is 2. The van der Waals surface area contributed by atoms with Crippen molar-refractivity contribution in [2.75, 3.05) is 37.5 Å². The number of ether oxygens (including phenoxy) is 1. The molecule has 1 amide bonds. The maximum atomic E-state index is 11.9. The van der Waals surface area contributed by atoms with Crippen LogP contribution in [0.5, 0.6) is 0 Å². The van der Waals surface area contributed by atoms with E-state index in [4.69, 9.17) is 39.5 Å². The van der Waals surface area contributed by atoms with Gasteiger partial charge in [0.05, 0.1) is 6.17 Å². The van der Waals surface area contributed by atoms with Crippen LogP contribution in [-0.2, 0) is 10.2 Å². The zero-order valence-corrected chi connectivity index (χ0v) is 16.0. The third-order valence-electron chi connectivity index (χ3n) is 4.94. The maximum Gasteiger partial charge on any atom is 0.411 e. The summed E-state index contributed by atoms with van der Waals surface area (Å²) in [4.78, 5) is 16.5. The van der Waals surface area contributed by atoms with Crippen LogP contribution in [0.2, 0.25) is 0 Å². The number of nitrogens with one attached hydrogen (secondary N) is 1. The van der Waals surface area contributed by atoms with E-state index in [1.54, 1.807) is 0 Å². The van der Waals surface area contributed by atoms with Gasteiger partial charge >= 0.3 is 6.09 Å².